The van der Waals surface area contributed by atoms with E-state index in [0.29, 0.717) is 16.8 Å². The summed E-state index contributed by atoms with van der Waals surface area (Å²) in [5, 5.41) is 5.36. The lowest BCUT2D eigenvalue weighted by Crippen LogP contribution is -2.30. The standard InChI is InChI=1S/C17H17FN2O2/c1-11(2)19-16(21)12-5-3-6-13(9-12)17(22)20-15-8-4-7-14(18)10-15/h3-11H,1-2H3,(H,19,21)(H,20,22). The van der Waals surface area contributed by atoms with Gasteiger partial charge in [0.2, 0.25) is 0 Å². The summed E-state index contributed by atoms with van der Waals surface area (Å²) in [6.07, 6.45) is 0. The lowest BCUT2D eigenvalue weighted by molar-refractivity contribution is 0.0943. The van der Waals surface area contributed by atoms with Gasteiger partial charge < -0.3 is 10.6 Å². The van der Waals surface area contributed by atoms with E-state index >= 15 is 0 Å². The fraction of sp³-hybridized carbons (Fsp3) is 0.176. The predicted octanol–water partition coefficient (Wildman–Crippen LogP) is 3.22. The molecule has 0 aliphatic carbocycles. The van der Waals surface area contributed by atoms with Crippen molar-refractivity contribution in [3.05, 3.63) is 65.5 Å². The molecule has 0 radical (unpaired) electrons. The SMILES string of the molecule is CC(C)NC(=O)c1cccc(C(=O)Nc2cccc(F)c2)c1. The molecule has 0 bridgehead atoms. The van der Waals surface area contributed by atoms with Crippen molar-refractivity contribution in [2.24, 2.45) is 0 Å². The highest BCUT2D eigenvalue weighted by Gasteiger charge is 2.11. The average molecular weight is 300 g/mol. The largest absolute Gasteiger partial charge is 0.350 e. The second kappa shape index (κ2) is 6.85. The molecular formula is C17H17FN2O2. The number of carbonyl (C=O) groups is 2. The van der Waals surface area contributed by atoms with Crippen molar-refractivity contribution in [3.8, 4) is 0 Å². The summed E-state index contributed by atoms with van der Waals surface area (Å²) in [6, 6.07) is 12.0. The quantitative estimate of drug-likeness (QED) is 0.911. The van der Waals surface area contributed by atoms with Crippen LogP contribution in [0.25, 0.3) is 0 Å². The number of halogens is 1. The topological polar surface area (TPSA) is 58.2 Å². The Bertz CT molecular complexity index is 699. The van der Waals surface area contributed by atoms with Gasteiger partial charge in [-0.05, 0) is 50.2 Å². The average Bonchev–Trinajstić information content (AvgIpc) is 2.46. The number of carbonyl (C=O) groups excluding carboxylic acids is 2. The smallest absolute Gasteiger partial charge is 0.255 e. The van der Waals surface area contributed by atoms with E-state index in [1.165, 1.54) is 24.3 Å². The van der Waals surface area contributed by atoms with Gasteiger partial charge in [-0.3, -0.25) is 9.59 Å². The lowest BCUT2D eigenvalue weighted by atomic mass is 10.1. The van der Waals surface area contributed by atoms with E-state index in [4.69, 9.17) is 0 Å². The third-order valence-corrected chi connectivity index (χ3v) is 2.89. The minimum absolute atomic E-state index is 0.0114. The molecule has 2 amide bonds. The second-order valence-electron chi connectivity index (χ2n) is 5.17. The molecule has 22 heavy (non-hydrogen) atoms. The Morgan fingerprint density at radius 1 is 0.955 bits per heavy atom. The van der Waals surface area contributed by atoms with Crippen molar-refractivity contribution in [1.29, 1.82) is 0 Å². The molecule has 4 nitrogen and oxygen atoms in total. The van der Waals surface area contributed by atoms with Gasteiger partial charge in [-0.15, -0.1) is 0 Å². The van der Waals surface area contributed by atoms with Crippen LogP contribution in [-0.2, 0) is 0 Å². The normalized spacial score (nSPS) is 10.4. The van der Waals surface area contributed by atoms with E-state index in [9.17, 15) is 14.0 Å². The Morgan fingerprint density at radius 2 is 1.59 bits per heavy atom. The van der Waals surface area contributed by atoms with Crippen molar-refractivity contribution in [3.63, 3.8) is 0 Å². The Balaban J connectivity index is 2.15. The molecule has 0 aromatic heterocycles. The molecule has 0 fully saturated rings. The first kappa shape index (κ1) is 15.7. The van der Waals surface area contributed by atoms with Crippen LogP contribution in [-0.4, -0.2) is 17.9 Å². The molecule has 0 heterocycles. The summed E-state index contributed by atoms with van der Waals surface area (Å²) in [4.78, 5) is 24.1. The second-order valence-corrected chi connectivity index (χ2v) is 5.17. The van der Waals surface area contributed by atoms with Crippen molar-refractivity contribution < 1.29 is 14.0 Å². The Morgan fingerprint density at radius 3 is 2.23 bits per heavy atom. The van der Waals surface area contributed by atoms with Crippen LogP contribution in [0.4, 0.5) is 10.1 Å². The summed E-state index contributed by atoms with van der Waals surface area (Å²) in [6.45, 7) is 3.72. The van der Waals surface area contributed by atoms with Gasteiger partial charge in [-0.25, -0.2) is 4.39 Å². The minimum atomic E-state index is -0.428. The Hall–Kier alpha value is -2.69. The number of nitrogens with one attached hydrogen (secondary N) is 2. The van der Waals surface area contributed by atoms with Gasteiger partial charge in [0.05, 0.1) is 0 Å². The monoisotopic (exact) mass is 300 g/mol. The third-order valence-electron chi connectivity index (χ3n) is 2.89. The molecule has 0 saturated heterocycles. The summed E-state index contributed by atoms with van der Waals surface area (Å²) >= 11 is 0. The van der Waals surface area contributed by atoms with Crippen molar-refractivity contribution in [2.75, 3.05) is 5.32 Å². The van der Waals surface area contributed by atoms with E-state index in [1.807, 2.05) is 13.8 Å². The van der Waals surface area contributed by atoms with Crippen molar-refractivity contribution >= 4 is 17.5 Å². The molecule has 2 N–H and O–H groups in total. The number of rotatable bonds is 4. The summed E-state index contributed by atoms with van der Waals surface area (Å²) in [5.41, 5.74) is 1.10. The molecule has 5 heteroatoms. The zero-order chi connectivity index (χ0) is 16.1. The van der Waals surface area contributed by atoms with Crippen LogP contribution in [0.1, 0.15) is 34.6 Å². The fourth-order valence-electron chi connectivity index (χ4n) is 1.92. The maximum absolute atomic E-state index is 13.1. The van der Waals surface area contributed by atoms with Crippen LogP contribution in [0, 0.1) is 5.82 Å². The highest BCUT2D eigenvalue weighted by Crippen LogP contribution is 2.12. The summed E-state index contributed by atoms with van der Waals surface area (Å²) < 4.78 is 13.1. The molecule has 0 atom stereocenters. The molecule has 0 saturated carbocycles. The zero-order valence-corrected chi connectivity index (χ0v) is 12.4. The molecule has 0 spiro atoms. The Labute approximate surface area is 128 Å². The molecule has 0 unspecified atom stereocenters. The van der Waals surface area contributed by atoms with E-state index in [0.717, 1.165) is 0 Å². The van der Waals surface area contributed by atoms with E-state index in [-0.39, 0.29) is 11.9 Å². The maximum Gasteiger partial charge on any atom is 0.255 e. The molecule has 2 aromatic carbocycles. The van der Waals surface area contributed by atoms with Crippen LogP contribution in [0.2, 0.25) is 0 Å². The summed E-state index contributed by atoms with van der Waals surface area (Å²) in [5.74, 6) is -1.07. The number of amides is 2. The van der Waals surface area contributed by atoms with E-state index < -0.39 is 11.7 Å². The number of anilines is 1. The minimum Gasteiger partial charge on any atom is -0.350 e. The van der Waals surface area contributed by atoms with Crippen molar-refractivity contribution in [2.45, 2.75) is 19.9 Å². The van der Waals surface area contributed by atoms with Crippen molar-refractivity contribution in [1.82, 2.24) is 5.32 Å². The molecule has 0 aliphatic heterocycles. The van der Waals surface area contributed by atoms with Gasteiger partial charge in [-0.1, -0.05) is 12.1 Å². The lowest BCUT2D eigenvalue weighted by Gasteiger charge is -2.10. The molecule has 2 aromatic rings. The maximum atomic E-state index is 13.1. The van der Waals surface area contributed by atoms with Gasteiger partial charge in [0.25, 0.3) is 11.8 Å². The van der Waals surface area contributed by atoms with E-state index in [2.05, 4.69) is 10.6 Å². The van der Waals surface area contributed by atoms with Gasteiger partial charge in [-0.2, -0.15) is 0 Å². The number of hydrogen-bond donors (Lipinski definition) is 2. The summed E-state index contributed by atoms with van der Waals surface area (Å²) in [7, 11) is 0. The Kier molecular flexibility index (Phi) is 4.88. The first-order valence-electron chi connectivity index (χ1n) is 6.93. The van der Waals surface area contributed by atoms with E-state index in [1.54, 1.807) is 24.3 Å². The van der Waals surface area contributed by atoms with Crippen LogP contribution in [0.15, 0.2) is 48.5 Å². The van der Waals surface area contributed by atoms with Crippen LogP contribution >= 0.6 is 0 Å². The first-order valence-corrected chi connectivity index (χ1v) is 6.93. The number of hydrogen-bond acceptors (Lipinski definition) is 2. The molecular weight excluding hydrogens is 283 g/mol. The van der Waals surface area contributed by atoms with Crippen LogP contribution in [0.5, 0.6) is 0 Å². The van der Waals surface area contributed by atoms with Gasteiger partial charge in [0.15, 0.2) is 0 Å². The molecule has 2 rings (SSSR count). The fourth-order valence-corrected chi connectivity index (χ4v) is 1.92. The molecule has 114 valence electrons. The van der Waals surface area contributed by atoms with Gasteiger partial charge in [0.1, 0.15) is 5.82 Å². The molecule has 0 aliphatic rings. The number of benzene rings is 2. The van der Waals surface area contributed by atoms with Gasteiger partial charge >= 0.3 is 0 Å². The van der Waals surface area contributed by atoms with Gasteiger partial charge in [0, 0.05) is 22.9 Å². The van der Waals surface area contributed by atoms with Crippen LogP contribution < -0.4 is 10.6 Å². The first-order chi connectivity index (χ1) is 10.5. The zero-order valence-electron chi connectivity index (χ0n) is 12.4. The van der Waals surface area contributed by atoms with Crippen LogP contribution in [0.3, 0.4) is 0 Å². The highest BCUT2D eigenvalue weighted by atomic mass is 19.1. The highest BCUT2D eigenvalue weighted by molar-refractivity contribution is 6.06. The predicted molar refractivity (Wildman–Crippen MR) is 83.4 cm³/mol. The third kappa shape index (κ3) is 4.15.